The molecule has 0 amide bonds. The molecule has 0 saturated heterocycles. The lowest BCUT2D eigenvalue weighted by molar-refractivity contribution is 1.11. The van der Waals surface area contributed by atoms with Gasteiger partial charge in [-0.15, -0.1) is 11.3 Å². The van der Waals surface area contributed by atoms with Crippen molar-refractivity contribution in [3.8, 4) is 0 Å². The van der Waals surface area contributed by atoms with Gasteiger partial charge in [0.05, 0.1) is 10.9 Å². The highest BCUT2D eigenvalue weighted by molar-refractivity contribution is 7.16. The van der Waals surface area contributed by atoms with E-state index < -0.39 is 0 Å². The molecule has 0 fully saturated rings. The first kappa shape index (κ1) is 12.6. The first-order chi connectivity index (χ1) is 10.3. The summed E-state index contributed by atoms with van der Waals surface area (Å²) in [5.74, 6) is 0.773. The van der Waals surface area contributed by atoms with Crippen molar-refractivity contribution in [1.29, 1.82) is 0 Å². The van der Waals surface area contributed by atoms with E-state index in [1.807, 2.05) is 17.6 Å². The summed E-state index contributed by atoms with van der Waals surface area (Å²) < 4.78 is 0. The van der Waals surface area contributed by atoms with Crippen LogP contribution in [0.2, 0.25) is 5.28 Å². The van der Waals surface area contributed by atoms with Crippen LogP contribution in [0.4, 0.5) is 5.82 Å². The van der Waals surface area contributed by atoms with Crippen LogP contribution in [0.3, 0.4) is 0 Å². The van der Waals surface area contributed by atoms with Gasteiger partial charge >= 0.3 is 0 Å². The monoisotopic (exact) mass is 314 g/mol. The lowest BCUT2D eigenvalue weighted by atomic mass is 10.1. The zero-order valence-electron chi connectivity index (χ0n) is 10.9. The fraction of sp³-hybridized carbons (Fsp3) is 0.0667. The van der Waals surface area contributed by atoms with Crippen LogP contribution in [0.1, 0.15) is 5.56 Å². The molecular weight excluding hydrogens is 304 g/mol. The zero-order valence-corrected chi connectivity index (χ0v) is 12.5. The van der Waals surface area contributed by atoms with Crippen molar-refractivity contribution in [2.45, 2.75) is 6.54 Å². The zero-order chi connectivity index (χ0) is 14.2. The summed E-state index contributed by atoms with van der Waals surface area (Å²) in [4.78, 5) is 12.7. The molecule has 0 aliphatic rings. The molecule has 0 bridgehead atoms. The molecule has 21 heavy (non-hydrogen) atoms. The average Bonchev–Trinajstić information content (AvgIpc) is 3.12. The van der Waals surface area contributed by atoms with E-state index >= 15 is 0 Å². The second-order valence-electron chi connectivity index (χ2n) is 4.69. The van der Waals surface area contributed by atoms with Gasteiger partial charge in [0.1, 0.15) is 10.6 Å². The number of aromatic amines is 1. The van der Waals surface area contributed by atoms with Gasteiger partial charge in [0, 0.05) is 12.7 Å². The van der Waals surface area contributed by atoms with Gasteiger partial charge in [-0.1, -0.05) is 18.2 Å². The minimum atomic E-state index is 0.269. The molecule has 3 heterocycles. The summed E-state index contributed by atoms with van der Waals surface area (Å²) >= 11 is 7.54. The predicted molar refractivity (Wildman–Crippen MR) is 88.1 cm³/mol. The molecule has 0 saturated carbocycles. The number of benzene rings is 1. The molecule has 0 unspecified atom stereocenters. The SMILES string of the molecule is Clc1nc(NCc2cccc3cc[nH]c23)c2ccsc2n1. The molecule has 4 aromatic rings. The topological polar surface area (TPSA) is 53.6 Å². The maximum atomic E-state index is 5.98. The van der Waals surface area contributed by atoms with Crippen LogP contribution in [0.15, 0.2) is 41.9 Å². The molecule has 1 aromatic carbocycles. The van der Waals surface area contributed by atoms with Gasteiger partial charge in [0.15, 0.2) is 0 Å². The van der Waals surface area contributed by atoms with Gasteiger partial charge < -0.3 is 10.3 Å². The minimum absolute atomic E-state index is 0.269. The average molecular weight is 315 g/mol. The highest BCUT2D eigenvalue weighted by Crippen LogP contribution is 2.27. The van der Waals surface area contributed by atoms with E-state index in [1.54, 1.807) is 11.3 Å². The number of aromatic nitrogens is 3. The van der Waals surface area contributed by atoms with Crippen LogP contribution >= 0.6 is 22.9 Å². The fourth-order valence-corrected chi connectivity index (χ4v) is 3.42. The largest absolute Gasteiger partial charge is 0.365 e. The molecule has 4 nitrogen and oxygen atoms in total. The molecular formula is C15H11ClN4S. The van der Waals surface area contributed by atoms with Crippen LogP contribution < -0.4 is 5.32 Å². The van der Waals surface area contributed by atoms with Crippen LogP contribution in [0.5, 0.6) is 0 Å². The van der Waals surface area contributed by atoms with Crippen LogP contribution in [-0.2, 0) is 6.54 Å². The van der Waals surface area contributed by atoms with Crippen molar-refractivity contribution in [1.82, 2.24) is 15.0 Å². The molecule has 0 spiro atoms. The van der Waals surface area contributed by atoms with Gasteiger partial charge in [-0.25, -0.2) is 9.97 Å². The number of fused-ring (bicyclic) bond motifs is 2. The number of anilines is 1. The molecule has 4 rings (SSSR count). The highest BCUT2D eigenvalue weighted by atomic mass is 35.5. The summed E-state index contributed by atoms with van der Waals surface area (Å²) in [6, 6.07) is 10.3. The normalized spacial score (nSPS) is 11.3. The Morgan fingerprint density at radius 1 is 1.19 bits per heavy atom. The van der Waals surface area contributed by atoms with Gasteiger partial charge in [0.2, 0.25) is 5.28 Å². The van der Waals surface area contributed by atoms with Gasteiger partial charge in [-0.3, -0.25) is 0 Å². The standard InChI is InChI=1S/C15H11ClN4S/c16-15-19-13(11-5-7-21-14(11)20-15)18-8-10-3-1-2-9-4-6-17-12(9)10/h1-7,17H,8H2,(H,18,19,20). The van der Waals surface area contributed by atoms with E-state index in [0.717, 1.165) is 21.6 Å². The number of hydrogen-bond acceptors (Lipinski definition) is 4. The van der Waals surface area contributed by atoms with E-state index in [1.165, 1.54) is 10.9 Å². The van der Waals surface area contributed by atoms with E-state index in [0.29, 0.717) is 6.54 Å². The van der Waals surface area contributed by atoms with Crippen molar-refractivity contribution in [2.75, 3.05) is 5.32 Å². The van der Waals surface area contributed by atoms with Crippen molar-refractivity contribution < 1.29 is 0 Å². The molecule has 0 atom stereocenters. The van der Waals surface area contributed by atoms with Gasteiger partial charge in [-0.2, -0.15) is 0 Å². The van der Waals surface area contributed by atoms with Crippen molar-refractivity contribution in [2.24, 2.45) is 0 Å². The molecule has 104 valence electrons. The lowest BCUT2D eigenvalue weighted by Gasteiger charge is -2.08. The number of halogens is 1. The van der Waals surface area contributed by atoms with Crippen LogP contribution in [0, 0.1) is 0 Å². The summed E-state index contributed by atoms with van der Waals surface area (Å²) in [6.45, 7) is 0.677. The number of rotatable bonds is 3. The van der Waals surface area contributed by atoms with E-state index in [2.05, 4.69) is 44.5 Å². The van der Waals surface area contributed by atoms with Crippen molar-refractivity contribution in [3.05, 3.63) is 52.8 Å². The lowest BCUT2D eigenvalue weighted by Crippen LogP contribution is -2.03. The second kappa shape index (κ2) is 5.02. The van der Waals surface area contributed by atoms with Crippen LogP contribution in [0.25, 0.3) is 21.1 Å². The Morgan fingerprint density at radius 3 is 3.10 bits per heavy atom. The van der Waals surface area contributed by atoms with Crippen molar-refractivity contribution >= 4 is 49.9 Å². The number of nitrogens with zero attached hydrogens (tertiary/aromatic N) is 2. The molecule has 0 aliphatic heterocycles. The van der Waals surface area contributed by atoms with Gasteiger partial charge in [0.25, 0.3) is 0 Å². The maximum absolute atomic E-state index is 5.98. The Bertz CT molecular complexity index is 928. The summed E-state index contributed by atoms with van der Waals surface area (Å²) in [7, 11) is 0. The van der Waals surface area contributed by atoms with Crippen molar-refractivity contribution in [3.63, 3.8) is 0 Å². The Balaban J connectivity index is 1.69. The Hall–Kier alpha value is -2.11. The molecule has 0 aliphatic carbocycles. The predicted octanol–water partition coefficient (Wildman–Crippen LogP) is 4.44. The van der Waals surface area contributed by atoms with E-state index in [4.69, 9.17) is 11.6 Å². The molecule has 2 N–H and O–H groups in total. The van der Waals surface area contributed by atoms with Crippen LogP contribution in [-0.4, -0.2) is 15.0 Å². The number of hydrogen-bond donors (Lipinski definition) is 2. The van der Waals surface area contributed by atoms with E-state index in [-0.39, 0.29) is 5.28 Å². The highest BCUT2D eigenvalue weighted by Gasteiger charge is 2.08. The van der Waals surface area contributed by atoms with E-state index in [9.17, 15) is 0 Å². The molecule has 3 aromatic heterocycles. The number of H-pyrrole nitrogens is 1. The smallest absolute Gasteiger partial charge is 0.225 e. The minimum Gasteiger partial charge on any atom is -0.365 e. The maximum Gasteiger partial charge on any atom is 0.225 e. The number of para-hydroxylation sites is 1. The number of nitrogens with one attached hydrogen (secondary N) is 2. The Labute approximate surface area is 129 Å². The quantitative estimate of drug-likeness (QED) is 0.550. The third kappa shape index (κ3) is 2.24. The van der Waals surface area contributed by atoms with Gasteiger partial charge in [-0.05, 0) is 40.1 Å². The summed E-state index contributed by atoms with van der Waals surface area (Å²) in [5, 5.41) is 7.83. The number of thiophene rings is 1. The Kier molecular flexibility index (Phi) is 3.02. The first-order valence-electron chi connectivity index (χ1n) is 6.51. The Morgan fingerprint density at radius 2 is 2.14 bits per heavy atom. The first-order valence-corrected chi connectivity index (χ1v) is 7.76. The summed E-state index contributed by atoms with van der Waals surface area (Å²) in [5.41, 5.74) is 2.34. The summed E-state index contributed by atoms with van der Waals surface area (Å²) in [6.07, 6.45) is 1.95. The fourth-order valence-electron chi connectivity index (χ4n) is 2.44. The third-order valence-corrected chi connectivity index (χ3v) is 4.39. The molecule has 0 radical (unpaired) electrons. The molecule has 6 heteroatoms. The third-order valence-electron chi connectivity index (χ3n) is 3.42. The second-order valence-corrected chi connectivity index (χ2v) is 5.93.